The first-order valence-corrected chi connectivity index (χ1v) is 9.56. The van der Waals surface area contributed by atoms with Crippen molar-refractivity contribution in [3.8, 4) is 11.5 Å². The minimum Gasteiger partial charge on any atom is -0.508 e. The number of aromatic hydroxyl groups is 1. The zero-order valence-corrected chi connectivity index (χ0v) is 17.1. The van der Waals surface area contributed by atoms with E-state index in [1.807, 2.05) is 0 Å². The number of phenols is 1. The fourth-order valence-corrected chi connectivity index (χ4v) is 3.62. The lowest BCUT2D eigenvalue weighted by molar-refractivity contribution is -0.274. The SMILES string of the molecule is CC1(C)C(=O)N(c2ccc(OC(F)(F)F)cc2)C(=O)N1Cc1ccnc2ccc(O)cc12. The lowest BCUT2D eigenvalue weighted by atomic mass is 10.0. The van der Waals surface area contributed by atoms with Crippen LogP contribution in [0.2, 0.25) is 0 Å². The highest BCUT2D eigenvalue weighted by molar-refractivity contribution is 6.23. The van der Waals surface area contributed by atoms with E-state index in [4.69, 9.17) is 0 Å². The Labute approximate surface area is 180 Å². The summed E-state index contributed by atoms with van der Waals surface area (Å²) in [6, 6.07) is 10.3. The molecule has 0 radical (unpaired) electrons. The molecule has 0 unspecified atom stereocenters. The Morgan fingerprint density at radius 3 is 2.41 bits per heavy atom. The summed E-state index contributed by atoms with van der Waals surface area (Å²) in [5, 5.41) is 10.5. The molecule has 166 valence electrons. The number of pyridine rings is 1. The Morgan fingerprint density at radius 2 is 1.75 bits per heavy atom. The second-order valence-electron chi connectivity index (χ2n) is 7.78. The Morgan fingerprint density at radius 1 is 1.06 bits per heavy atom. The topological polar surface area (TPSA) is 83.0 Å². The van der Waals surface area contributed by atoms with Crippen LogP contribution in [0.4, 0.5) is 23.7 Å². The van der Waals surface area contributed by atoms with Gasteiger partial charge in [0.25, 0.3) is 5.91 Å². The zero-order chi connectivity index (χ0) is 23.3. The van der Waals surface area contributed by atoms with Gasteiger partial charge in [0.2, 0.25) is 0 Å². The monoisotopic (exact) mass is 445 g/mol. The summed E-state index contributed by atoms with van der Waals surface area (Å²) in [4.78, 5) is 32.8. The third-order valence-corrected chi connectivity index (χ3v) is 5.30. The molecule has 1 N–H and O–H groups in total. The number of hydrogen-bond acceptors (Lipinski definition) is 5. The quantitative estimate of drug-likeness (QED) is 0.594. The Bertz CT molecular complexity index is 1210. The number of hydrogen-bond donors (Lipinski definition) is 1. The number of fused-ring (bicyclic) bond motifs is 1. The highest BCUT2D eigenvalue weighted by Gasteiger charge is 2.51. The first-order valence-electron chi connectivity index (χ1n) is 9.56. The number of carbonyl (C=O) groups is 2. The summed E-state index contributed by atoms with van der Waals surface area (Å²) in [6.45, 7) is 3.25. The molecule has 1 aromatic heterocycles. The lowest BCUT2D eigenvalue weighted by Crippen LogP contribution is -2.43. The molecule has 1 aliphatic rings. The molecule has 0 saturated carbocycles. The Kier molecular flexibility index (Phi) is 4.95. The fraction of sp³-hybridized carbons (Fsp3) is 0.227. The van der Waals surface area contributed by atoms with Gasteiger partial charge in [0.1, 0.15) is 17.0 Å². The van der Waals surface area contributed by atoms with Crippen LogP contribution in [0, 0.1) is 0 Å². The average Bonchev–Trinajstić information content (AvgIpc) is 2.87. The van der Waals surface area contributed by atoms with Crippen molar-refractivity contribution in [2.45, 2.75) is 32.3 Å². The van der Waals surface area contributed by atoms with Crippen molar-refractivity contribution in [1.82, 2.24) is 9.88 Å². The predicted molar refractivity (Wildman–Crippen MR) is 109 cm³/mol. The van der Waals surface area contributed by atoms with E-state index in [-0.39, 0.29) is 18.0 Å². The van der Waals surface area contributed by atoms with Gasteiger partial charge in [0, 0.05) is 18.1 Å². The number of aromatic nitrogens is 1. The maximum absolute atomic E-state index is 13.2. The van der Waals surface area contributed by atoms with Crippen molar-refractivity contribution in [1.29, 1.82) is 0 Å². The van der Waals surface area contributed by atoms with Gasteiger partial charge in [-0.15, -0.1) is 13.2 Å². The van der Waals surface area contributed by atoms with Gasteiger partial charge < -0.3 is 14.7 Å². The first kappa shape index (κ1) is 21.4. The van der Waals surface area contributed by atoms with E-state index in [9.17, 15) is 27.9 Å². The first-order chi connectivity index (χ1) is 15.0. The van der Waals surface area contributed by atoms with Crippen molar-refractivity contribution in [3.05, 3.63) is 60.3 Å². The maximum atomic E-state index is 13.2. The molecule has 2 aromatic carbocycles. The highest BCUT2D eigenvalue weighted by Crippen LogP contribution is 2.35. The number of phenolic OH excluding ortho intramolecular Hbond substituents is 1. The summed E-state index contributed by atoms with van der Waals surface area (Å²) in [5.74, 6) is -0.939. The number of rotatable bonds is 4. The number of ether oxygens (including phenoxy) is 1. The van der Waals surface area contributed by atoms with Gasteiger partial charge in [-0.1, -0.05) is 0 Å². The minimum absolute atomic E-state index is 0.0395. The zero-order valence-electron chi connectivity index (χ0n) is 17.1. The summed E-state index contributed by atoms with van der Waals surface area (Å²) in [6.07, 6.45) is -3.28. The van der Waals surface area contributed by atoms with Gasteiger partial charge in [-0.3, -0.25) is 9.78 Å². The van der Waals surface area contributed by atoms with Crippen LogP contribution in [0.3, 0.4) is 0 Å². The normalized spacial score (nSPS) is 16.2. The van der Waals surface area contributed by atoms with E-state index in [1.54, 1.807) is 32.2 Å². The van der Waals surface area contributed by atoms with Crippen molar-refractivity contribution in [2.75, 3.05) is 4.90 Å². The second kappa shape index (κ2) is 7.40. The average molecular weight is 445 g/mol. The lowest BCUT2D eigenvalue weighted by Gasteiger charge is -2.28. The van der Waals surface area contributed by atoms with Crippen LogP contribution in [0.25, 0.3) is 10.9 Å². The molecule has 0 spiro atoms. The summed E-state index contributed by atoms with van der Waals surface area (Å²) >= 11 is 0. The van der Waals surface area contributed by atoms with Gasteiger partial charge in [-0.25, -0.2) is 9.69 Å². The number of carbonyl (C=O) groups excluding carboxylic acids is 2. The molecule has 3 amide bonds. The van der Waals surface area contributed by atoms with Crippen molar-refractivity contribution >= 4 is 28.5 Å². The van der Waals surface area contributed by atoms with Gasteiger partial charge in [-0.2, -0.15) is 0 Å². The summed E-state index contributed by atoms with van der Waals surface area (Å²) in [5.41, 5.74) is 0.205. The van der Waals surface area contributed by atoms with Crippen LogP contribution in [0.15, 0.2) is 54.7 Å². The van der Waals surface area contributed by atoms with Crippen LogP contribution in [-0.2, 0) is 11.3 Å². The molecule has 10 heteroatoms. The molecule has 2 heterocycles. The van der Waals surface area contributed by atoms with E-state index in [2.05, 4.69) is 9.72 Å². The second-order valence-corrected chi connectivity index (χ2v) is 7.78. The number of anilines is 1. The van der Waals surface area contributed by atoms with E-state index in [0.717, 1.165) is 17.0 Å². The third kappa shape index (κ3) is 3.79. The van der Waals surface area contributed by atoms with Crippen molar-refractivity contribution in [3.63, 3.8) is 0 Å². The molecule has 0 bridgehead atoms. The summed E-state index contributed by atoms with van der Waals surface area (Å²) in [7, 11) is 0. The highest BCUT2D eigenvalue weighted by atomic mass is 19.4. The molecular weight excluding hydrogens is 427 g/mol. The molecular formula is C22H18F3N3O4. The van der Waals surface area contributed by atoms with Crippen LogP contribution in [0.1, 0.15) is 19.4 Å². The number of imide groups is 1. The number of benzene rings is 2. The van der Waals surface area contributed by atoms with E-state index in [0.29, 0.717) is 16.5 Å². The van der Waals surface area contributed by atoms with Crippen LogP contribution < -0.4 is 9.64 Å². The number of halogens is 3. The van der Waals surface area contributed by atoms with Crippen LogP contribution in [-0.4, -0.2) is 38.8 Å². The molecule has 7 nitrogen and oxygen atoms in total. The molecule has 0 aliphatic carbocycles. The summed E-state index contributed by atoms with van der Waals surface area (Å²) < 4.78 is 41.0. The number of amides is 3. The number of nitrogens with zero attached hydrogens (tertiary/aromatic N) is 3. The molecule has 1 fully saturated rings. The van der Waals surface area contributed by atoms with Gasteiger partial charge in [0.15, 0.2) is 0 Å². The van der Waals surface area contributed by atoms with Crippen LogP contribution >= 0.6 is 0 Å². The largest absolute Gasteiger partial charge is 0.573 e. The third-order valence-electron chi connectivity index (χ3n) is 5.30. The van der Waals surface area contributed by atoms with E-state index < -0.39 is 29.6 Å². The van der Waals surface area contributed by atoms with Crippen molar-refractivity contribution < 1.29 is 32.6 Å². The van der Waals surface area contributed by atoms with Crippen molar-refractivity contribution in [2.24, 2.45) is 0 Å². The number of urea groups is 1. The van der Waals surface area contributed by atoms with E-state index >= 15 is 0 Å². The molecule has 1 saturated heterocycles. The number of alkyl halides is 3. The minimum atomic E-state index is -4.85. The molecule has 32 heavy (non-hydrogen) atoms. The molecule has 3 aromatic rings. The predicted octanol–water partition coefficient (Wildman–Crippen LogP) is 4.59. The molecule has 0 atom stereocenters. The van der Waals surface area contributed by atoms with E-state index in [1.165, 1.54) is 29.2 Å². The Balaban J connectivity index is 1.65. The van der Waals surface area contributed by atoms with Gasteiger partial charge >= 0.3 is 12.4 Å². The molecule has 1 aliphatic heterocycles. The maximum Gasteiger partial charge on any atom is 0.573 e. The molecule has 4 rings (SSSR count). The smallest absolute Gasteiger partial charge is 0.508 e. The Hall–Kier alpha value is -3.82. The van der Waals surface area contributed by atoms with Gasteiger partial charge in [0.05, 0.1) is 11.2 Å². The standard InChI is InChI=1S/C22H18F3N3O4/c1-21(2)19(30)28(14-3-6-16(7-4-14)32-22(23,24)25)20(31)27(21)12-13-9-10-26-18-8-5-15(29)11-17(13)18/h3-11,29H,12H2,1-2H3. The van der Waals surface area contributed by atoms with Gasteiger partial charge in [-0.05, 0) is 67.9 Å². The fourth-order valence-electron chi connectivity index (χ4n) is 3.62. The van der Waals surface area contributed by atoms with Crippen LogP contribution in [0.5, 0.6) is 11.5 Å².